The van der Waals surface area contributed by atoms with Gasteiger partial charge < -0.3 is 10.0 Å². The number of sulfonamides is 1. The molecule has 0 unspecified atom stereocenters. The molecule has 11 heteroatoms. The van der Waals surface area contributed by atoms with Gasteiger partial charge in [0.2, 0.25) is 10.0 Å². The number of anilines is 1. The normalized spacial score (nSPS) is 20.4. The van der Waals surface area contributed by atoms with Crippen molar-refractivity contribution in [2.75, 3.05) is 18.0 Å². The first-order chi connectivity index (χ1) is 14.8. The molecule has 1 aliphatic heterocycles. The second-order valence-corrected chi connectivity index (χ2v) is 9.88. The van der Waals surface area contributed by atoms with E-state index in [0.717, 1.165) is 12.3 Å². The highest BCUT2D eigenvalue weighted by Crippen LogP contribution is 2.31. The summed E-state index contributed by atoms with van der Waals surface area (Å²) in [5.74, 6) is -0.712. The molecular weight excluding hydrogens is 447 g/mol. The number of aliphatic carboxylic acids is 1. The Labute approximate surface area is 184 Å². The van der Waals surface area contributed by atoms with Gasteiger partial charge in [0, 0.05) is 31.4 Å². The van der Waals surface area contributed by atoms with E-state index in [1.54, 1.807) is 31.7 Å². The number of rotatable bonds is 5. The number of pyridine rings is 1. The van der Waals surface area contributed by atoms with Crippen LogP contribution in [0.1, 0.15) is 30.5 Å². The standard InChI is InChI=1S/C21H24F3N3O4S/c1-13-4-6-18(8-16(13)9-20(28)29)32(30,31)27-12-14(2)26(11-15(27)3)19-7-5-17(10-25-19)21(22,23)24/h4-8,10,14-15H,9,11-12H2,1-3H3,(H,28,29)/t14-,15+/m1/s1. The van der Waals surface area contributed by atoms with E-state index in [1.807, 2.05) is 0 Å². The molecule has 0 amide bonds. The van der Waals surface area contributed by atoms with Gasteiger partial charge >= 0.3 is 12.1 Å². The molecule has 2 aromatic rings. The van der Waals surface area contributed by atoms with E-state index in [4.69, 9.17) is 5.11 Å². The van der Waals surface area contributed by atoms with Crippen molar-refractivity contribution in [2.24, 2.45) is 0 Å². The van der Waals surface area contributed by atoms with Gasteiger partial charge in [-0.15, -0.1) is 0 Å². The lowest BCUT2D eigenvalue weighted by atomic mass is 10.1. The number of hydrogen-bond acceptors (Lipinski definition) is 5. The maximum atomic E-state index is 13.3. The Morgan fingerprint density at radius 1 is 1.16 bits per heavy atom. The minimum atomic E-state index is -4.48. The SMILES string of the molecule is Cc1ccc(S(=O)(=O)N2C[C@@H](C)N(c3ccc(C(F)(F)F)cn3)C[C@@H]2C)cc1CC(=O)O. The summed E-state index contributed by atoms with van der Waals surface area (Å²) in [5.41, 5.74) is 0.262. The minimum absolute atomic E-state index is 0.0134. The van der Waals surface area contributed by atoms with Gasteiger partial charge in [0.15, 0.2) is 0 Å². The molecule has 0 bridgehead atoms. The molecule has 3 rings (SSSR count). The monoisotopic (exact) mass is 471 g/mol. The molecule has 0 spiro atoms. The van der Waals surface area contributed by atoms with E-state index in [1.165, 1.54) is 22.5 Å². The van der Waals surface area contributed by atoms with Crippen molar-refractivity contribution in [1.82, 2.24) is 9.29 Å². The summed E-state index contributed by atoms with van der Waals surface area (Å²) in [4.78, 5) is 16.8. The highest BCUT2D eigenvalue weighted by Gasteiger charge is 2.38. The summed E-state index contributed by atoms with van der Waals surface area (Å²) in [6.07, 6.45) is -3.99. The molecule has 7 nitrogen and oxygen atoms in total. The van der Waals surface area contributed by atoms with Crippen molar-refractivity contribution in [3.63, 3.8) is 0 Å². The quantitative estimate of drug-likeness (QED) is 0.720. The highest BCUT2D eigenvalue weighted by atomic mass is 32.2. The van der Waals surface area contributed by atoms with E-state index in [0.29, 0.717) is 16.9 Å². The first kappa shape index (κ1) is 24.0. The largest absolute Gasteiger partial charge is 0.481 e. The lowest BCUT2D eigenvalue weighted by molar-refractivity contribution is -0.138. The third-order valence-corrected chi connectivity index (χ3v) is 7.54. The fourth-order valence-electron chi connectivity index (χ4n) is 3.77. The number of hydrogen-bond donors (Lipinski definition) is 1. The van der Waals surface area contributed by atoms with Gasteiger partial charge in [-0.05, 0) is 56.2 Å². The molecule has 1 aliphatic rings. The second-order valence-electron chi connectivity index (χ2n) is 7.99. The van der Waals surface area contributed by atoms with E-state index >= 15 is 0 Å². The number of piperazine rings is 1. The maximum Gasteiger partial charge on any atom is 0.417 e. The van der Waals surface area contributed by atoms with Gasteiger partial charge in [0.25, 0.3) is 0 Å². The molecule has 1 fully saturated rings. The first-order valence-electron chi connectivity index (χ1n) is 9.93. The van der Waals surface area contributed by atoms with Crippen LogP contribution in [0.3, 0.4) is 0 Å². The molecule has 1 aromatic heterocycles. The summed E-state index contributed by atoms with van der Waals surface area (Å²) >= 11 is 0. The van der Waals surface area contributed by atoms with Gasteiger partial charge in [-0.2, -0.15) is 17.5 Å². The summed E-state index contributed by atoms with van der Waals surface area (Å²) in [6.45, 7) is 5.56. The van der Waals surface area contributed by atoms with Crippen LogP contribution in [0.4, 0.5) is 19.0 Å². The highest BCUT2D eigenvalue weighted by molar-refractivity contribution is 7.89. The van der Waals surface area contributed by atoms with Crippen LogP contribution in [-0.2, 0) is 27.4 Å². The average Bonchev–Trinajstić information content (AvgIpc) is 2.70. The molecule has 2 atom stereocenters. The molecule has 0 saturated carbocycles. The topological polar surface area (TPSA) is 90.8 Å². The molecule has 174 valence electrons. The average molecular weight is 472 g/mol. The molecule has 0 radical (unpaired) electrons. The Balaban J connectivity index is 1.84. The van der Waals surface area contributed by atoms with Gasteiger partial charge in [0.05, 0.1) is 16.9 Å². The summed E-state index contributed by atoms with van der Waals surface area (Å²) in [6, 6.07) is 5.85. The predicted molar refractivity (Wildman–Crippen MR) is 112 cm³/mol. The zero-order chi connectivity index (χ0) is 23.8. The third-order valence-electron chi connectivity index (χ3n) is 5.57. The van der Waals surface area contributed by atoms with E-state index in [2.05, 4.69) is 4.98 Å². The second kappa shape index (κ2) is 8.70. The van der Waals surface area contributed by atoms with Crippen LogP contribution in [0.5, 0.6) is 0 Å². The number of nitrogens with zero attached hydrogens (tertiary/aromatic N) is 3. The van der Waals surface area contributed by atoms with Gasteiger partial charge in [-0.1, -0.05) is 6.07 Å². The Morgan fingerprint density at radius 2 is 1.84 bits per heavy atom. The van der Waals surface area contributed by atoms with Crippen molar-refractivity contribution in [1.29, 1.82) is 0 Å². The Hall–Kier alpha value is -2.66. The van der Waals surface area contributed by atoms with Crippen LogP contribution in [0.15, 0.2) is 41.4 Å². The number of alkyl halides is 3. The van der Waals surface area contributed by atoms with Crippen LogP contribution >= 0.6 is 0 Å². The van der Waals surface area contributed by atoms with Gasteiger partial charge in [-0.25, -0.2) is 13.4 Å². The Kier molecular flexibility index (Phi) is 6.52. The summed E-state index contributed by atoms with van der Waals surface area (Å²) < 4.78 is 66.4. The zero-order valence-corrected chi connectivity index (χ0v) is 18.6. The number of benzene rings is 1. The summed E-state index contributed by atoms with van der Waals surface area (Å²) in [7, 11) is -3.91. The Morgan fingerprint density at radius 3 is 2.41 bits per heavy atom. The van der Waals surface area contributed by atoms with E-state index < -0.39 is 33.8 Å². The van der Waals surface area contributed by atoms with E-state index in [-0.39, 0.29) is 30.4 Å². The number of carbonyl (C=O) groups is 1. The fourth-order valence-corrected chi connectivity index (χ4v) is 5.52. The molecule has 1 saturated heterocycles. The van der Waals surface area contributed by atoms with Crippen LogP contribution in [0, 0.1) is 6.92 Å². The van der Waals surface area contributed by atoms with Crippen LogP contribution in [0.2, 0.25) is 0 Å². The Bertz CT molecular complexity index is 1100. The first-order valence-corrected chi connectivity index (χ1v) is 11.4. The lowest BCUT2D eigenvalue weighted by Gasteiger charge is -2.43. The molecular formula is C21H24F3N3O4S. The molecule has 1 N–H and O–H groups in total. The third kappa shape index (κ3) is 4.88. The van der Waals surface area contributed by atoms with E-state index in [9.17, 15) is 26.4 Å². The van der Waals surface area contributed by atoms with Crippen LogP contribution < -0.4 is 4.90 Å². The van der Waals surface area contributed by atoms with Gasteiger partial charge in [0.1, 0.15) is 5.82 Å². The summed E-state index contributed by atoms with van der Waals surface area (Å²) in [5, 5.41) is 9.08. The number of aromatic nitrogens is 1. The van der Waals surface area contributed by atoms with Crippen molar-refractivity contribution in [3.8, 4) is 0 Å². The molecule has 1 aromatic carbocycles. The zero-order valence-electron chi connectivity index (χ0n) is 17.8. The van der Waals surface area contributed by atoms with Gasteiger partial charge in [-0.3, -0.25) is 4.79 Å². The fraction of sp³-hybridized carbons (Fsp3) is 0.429. The smallest absolute Gasteiger partial charge is 0.417 e. The van der Waals surface area contributed by atoms with Crippen molar-refractivity contribution in [3.05, 3.63) is 53.2 Å². The minimum Gasteiger partial charge on any atom is -0.481 e. The predicted octanol–water partition coefficient (Wildman–Crippen LogP) is 3.32. The van der Waals surface area contributed by atoms with Crippen molar-refractivity contribution in [2.45, 2.75) is 50.3 Å². The molecule has 2 heterocycles. The number of carboxylic acids is 1. The molecule has 32 heavy (non-hydrogen) atoms. The maximum absolute atomic E-state index is 13.3. The van der Waals surface area contributed by atoms with Crippen LogP contribution in [-0.4, -0.2) is 54.0 Å². The van der Waals surface area contributed by atoms with Crippen LogP contribution in [0.25, 0.3) is 0 Å². The number of carboxylic acid groups (broad SMARTS) is 1. The molecule has 0 aliphatic carbocycles. The van der Waals surface area contributed by atoms with Crippen molar-refractivity contribution >= 4 is 21.8 Å². The number of aryl methyl sites for hydroxylation is 1. The van der Waals surface area contributed by atoms with Crippen molar-refractivity contribution < 1.29 is 31.5 Å². The number of halogens is 3. The lowest BCUT2D eigenvalue weighted by Crippen LogP contribution is -2.58.